The third kappa shape index (κ3) is 2.55. The van der Waals surface area contributed by atoms with Crippen LogP contribution in [0, 0.1) is 0 Å². The average Bonchev–Trinajstić information content (AvgIpc) is 2.97. The van der Waals surface area contributed by atoms with E-state index in [4.69, 9.17) is 11.6 Å². The van der Waals surface area contributed by atoms with Crippen LogP contribution in [0.1, 0.15) is 10.4 Å². The smallest absolute Gasteiger partial charge is 0.257 e. The Labute approximate surface area is 121 Å². The standard InChI is InChI=1S/C14H15ClN4O/c15-11-3-1-2-10(8-11)13-12(9-17-18-13)14(20)19-6-4-16-5-7-19/h1-3,8-9,16H,4-7H2,(H,17,18). The van der Waals surface area contributed by atoms with Crippen LogP contribution in [0.25, 0.3) is 11.3 Å². The fourth-order valence-electron chi connectivity index (χ4n) is 2.35. The van der Waals surface area contributed by atoms with E-state index in [-0.39, 0.29) is 5.91 Å². The van der Waals surface area contributed by atoms with Gasteiger partial charge in [-0.3, -0.25) is 9.89 Å². The highest BCUT2D eigenvalue weighted by Gasteiger charge is 2.22. The van der Waals surface area contributed by atoms with Gasteiger partial charge in [0.1, 0.15) is 0 Å². The van der Waals surface area contributed by atoms with Crippen molar-refractivity contribution in [2.45, 2.75) is 0 Å². The molecule has 1 fully saturated rings. The molecule has 1 aliphatic heterocycles. The van der Waals surface area contributed by atoms with E-state index in [0.29, 0.717) is 10.6 Å². The van der Waals surface area contributed by atoms with Crippen molar-refractivity contribution in [3.05, 3.63) is 41.0 Å². The van der Waals surface area contributed by atoms with Crippen LogP contribution < -0.4 is 5.32 Å². The van der Waals surface area contributed by atoms with Gasteiger partial charge in [-0.15, -0.1) is 0 Å². The van der Waals surface area contributed by atoms with E-state index < -0.39 is 0 Å². The Balaban J connectivity index is 1.91. The summed E-state index contributed by atoms with van der Waals surface area (Å²) in [5, 5.41) is 10.8. The number of benzene rings is 1. The van der Waals surface area contributed by atoms with Gasteiger partial charge in [-0.05, 0) is 12.1 Å². The first-order chi connectivity index (χ1) is 9.75. The first kappa shape index (κ1) is 13.1. The zero-order valence-electron chi connectivity index (χ0n) is 10.9. The Morgan fingerprint density at radius 1 is 1.30 bits per heavy atom. The van der Waals surface area contributed by atoms with E-state index in [1.54, 1.807) is 12.3 Å². The Hall–Kier alpha value is -1.85. The van der Waals surface area contributed by atoms with E-state index in [9.17, 15) is 4.79 Å². The Bertz CT molecular complexity index is 619. The van der Waals surface area contributed by atoms with Gasteiger partial charge in [0.05, 0.1) is 17.5 Å². The minimum absolute atomic E-state index is 0.00947. The number of aromatic nitrogens is 2. The molecule has 6 heteroatoms. The fourth-order valence-corrected chi connectivity index (χ4v) is 2.54. The third-order valence-electron chi connectivity index (χ3n) is 3.39. The minimum atomic E-state index is 0.00947. The predicted molar refractivity (Wildman–Crippen MR) is 77.8 cm³/mol. The van der Waals surface area contributed by atoms with Crippen LogP contribution in [-0.2, 0) is 0 Å². The second-order valence-electron chi connectivity index (χ2n) is 4.71. The Morgan fingerprint density at radius 2 is 2.10 bits per heavy atom. The number of nitrogens with zero attached hydrogens (tertiary/aromatic N) is 2. The quantitative estimate of drug-likeness (QED) is 0.886. The molecule has 2 aromatic rings. The Morgan fingerprint density at radius 3 is 2.85 bits per heavy atom. The maximum absolute atomic E-state index is 12.5. The second kappa shape index (κ2) is 5.64. The van der Waals surface area contributed by atoms with Crippen LogP contribution in [0.2, 0.25) is 5.02 Å². The average molecular weight is 291 g/mol. The minimum Gasteiger partial charge on any atom is -0.336 e. The lowest BCUT2D eigenvalue weighted by Crippen LogP contribution is -2.46. The summed E-state index contributed by atoms with van der Waals surface area (Å²) in [4.78, 5) is 14.4. The van der Waals surface area contributed by atoms with Crippen LogP contribution in [0.5, 0.6) is 0 Å². The summed E-state index contributed by atoms with van der Waals surface area (Å²) < 4.78 is 0. The van der Waals surface area contributed by atoms with Crippen molar-refractivity contribution < 1.29 is 4.79 Å². The number of amides is 1. The van der Waals surface area contributed by atoms with Crippen molar-refractivity contribution in [2.75, 3.05) is 26.2 Å². The van der Waals surface area contributed by atoms with Crippen LogP contribution >= 0.6 is 11.6 Å². The largest absolute Gasteiger partial charge is 0.336 e. The molecule has 104 valence electrons. The highest BCUT2D eigenvalue weighted by atomic mass is 35.5. The predicted octanol–water partition coefficient (Wildman–Crippen LogP) is 1.78. The van der Waals surface area contributed by atoms with Gasteiger partial charge in [0.25, 0.3) is 5.91 Å². The number of carbonyl (C=O) groups is 1. The van der Waals surface area contributed by atoms with Gasteiger partial charge in [0.15, 0.2) is 0 Å². The van der Waals surface area contributed by atoms with Gasteiger partial charge in [0.2, 0.25) is 0 Å². The van der Waals surface area contributed by atoms with Gasteiger partial charge in [-0.25, -0.2) is 0 Å². The normalized spacial score (nSPS) is 15.3. The SMILES string of the molecule is O=C(c1cn[nH]c1-c1cccc(Cl)c1)N1CCNCC1. The maximum Gasteiger partial charge on any atom is 0.257 e. The molecule has 0 bridgehead atoms. The summed E-state index contributed by atoms with van der Waals surface area (Å²) in [7, 11) is 0. The number of H-pyrrole nitrogens is 1. The van der Waals surface area contributed by atoms with E-state index >= 15 is 0 Å². The summed E-state index contributed by atoms with van der Waals surface area (Å²) in [6.07, 6.45) is 1.58. The third-order valence-corrected chi connectivity index (χ3v) is 3.62. The first-order valence-corrected chi connectivity index (χ1v) is 6.93. The van der Waals surface area contributed by atoms with E-state index in [2.05, 4.69) is 15.5 Å². The molecule has 0 atom stereocenters. The van der Waals surface area contributed by atoms with Crippen LogP contribution in [0.4, 0.5) is 0 Å². The summed E-state index contributed by atoms with van der Waals surface area (Å²) >= 11 is 6.00. The Kier molecular flexibility index (Phi) is 3.71. The van der Waals surface area contributed by atoms with Gasteiger partial charge in [-0.1, -0.05) is 23.7 Å². The maximum atomic E-state index is 12.5. The van der Waals surface area contributed by atoms with Crippen LogP contribution in [-0.4, -0.2) is 47.2 Å². The molecule has 1 aromatic heterocycles. The monoisotopic (exact) mass is 290 g/mol. The molecule has 0 aliphatic carbocycles. The molecule has 1 aliphatic rings. The molecule has 3 rings (SSSR count). The van der Waals surface area contributed by atoms with Crippen LogP contribution in [0.3, 0.4) is 0 Å². The number of halogens is 1. The van der Waals surface area contributed by atoms with Crippen molar-refractivity contribution in [3.63, 3.8) is 0 Å². The molecular weight excluding hydrogens is 276 g/mol. The number of carbonyl (C=O) groups excluding carboxylic acids is 1. The summed E-state index contributed by atoms with van der Waals surface area (Å²) in [5.74, 6) is 0.00947. The molecular formula is C14H15ClN4O. The van der Waals surface area contributed by atoms with E-state index in [0.717, 1.165) is 37.4 Å². The first-order valence-electron chi connectivity index (χ1n) is 6.55. The van der Waals surface area contributed by atoms with E-state index in [1.807, 2.05) is 23.1 Å². The zero-order chi connectivity index (χ0) is 13.9. The fraction of sp³-hybridized carbons (Fsp3) is 0.286. The number of piperazine rings is 1. The van der Waals surface area contributed by atoms with Crippen LogP contribution in [0.15, 0.2) is 30.5 Å². The topological polar surface area (TPSA) is 61.0 Å². The van der Waals surface area contributed by atoms with E-state index in [1.165, 1.54) is 0 Å². The van der Waals surface area contributed by atoms with Gasteiger partial charge in [-0.2, -0.15) is 5.10 Å². The molecule has 0 spiro atoms. The van der Waals surface area contributed by atoms with Crippen molar-refractivity contribution >= 4 is 17.5 Å². The highest BCUT2D eigenvalue weighted by molar-refractivity contribution is 6.30. The molecule has 0 saturated carbocycles. The number of hydrogen-bond donors (Lipinski definition) is 2. The van der Waals surface area contributed by atoms with Gasteiger partial charge in [0, 0.05) is 36.8 Å². The summed E-state index contributed by atoms with van der Waals surface area (Å²) in [6.45, 7) is 3.10. The number of nitrogens with one attached hydrogen (secondary N) is 2. The lowest BCUT2D eigenvalue weighted by Gasteiger charge is -2.27. The molecule has 0 radical (unpaired) electrons. The molecule has 2 heterocycles. The molecule has 20 heavy (non-hydrogen) atoms. The lowest BCUT2D eigenvalue weighted by atomic mass is 10.1. The molecule has 1 aromatic carbocycles. The molecule has 2 N–H and O–H groups in total. The number of aromatic amines is 1. The van der Waals surface area contributed by atoms with Crippen molar-refractivity contribution in [2.24, 2.45) is 0 Å². The van der Waals surface area contributed by atoms with Crippen molar-refractivity contribution in [3.8, 4) is 11.3 Å². The van der Waals surface area contributed by atoms with Crippen molar-refractivity contribution in [1.82, 2.24) is 20.4 Å². The zero-order valence-corrected chi connectivity index (χ0v) is 11.7. The molecule has 1 saturated heterocycles. The number of rotatable bonds is 2. The van der Waals surface area contributed by atoms with Gasteiger partial charge >= 0.3 is 0 Å². The molecule has 1 amide bonds. The molecule has 5 nitrogen and oxygen atoms in total. The molecule has 0 unspecified atom stereocenters. The summed E-state index contributed by atoms with van der Waals surface area (Å²) in [5.41, 5.74) is 2.18. The number of hydrogen-bond acceptors (Lipinski definition) is 3. The second-order valence-corrected chi connectivity index (χ2v) is 5.15. The lowest BCUT2D eigenvalue weighted by molar-refractivity contribution is 0.0736. The highest BCUT2D eigenvalue weighted by Crippen LogP contribution is 2.25. The summed E-state index contributed by atoms with van der Waals surface area (Å²) in [6, 6.07) is 7.40. The van der Waals surface area contributed by atoms with Crippen molar-refractivity contribution in [1.29, 1.82) is 0 Å². The van der Waals surface area contributed by atoms with Gasteiger partial charge < -0.3 is 10.2 Å².